The van der Waals surface area contributed by atoms with Gasteiger partial charge in [0.15, 0.2) is 0 Å². The van der Waals surface area contributed by atoms with Gasteiger partial charge in [0.25, 0.3) is 10.0 Å². The largest absolute Gasteiger partial charge is 0.345 e. The van der Waals surface area contributed by atoms with Crippen LogP contribution in [0.2, 0.25) is 0 Å². The summed E-state index contributed by atoms with van der Waals surface area (Å²) in [6.07, 6.45) is 0.531. The molecule has 4 aromatic rings. The molecule has 1 heterocycles. The molecule has 5 nitrogen and oxygen atoms in total. The fourth-order valence-electron chi connectivity index (χ4n) is 3.45. The van der Waals surface area contributed by atoms with Crippen LogP contribution in [-0.4, -0.2) is 13.0 Å². The van der Waals surface area contributed by atoms with Crippen LogP contribution in [0.1, 0.15) is 16.8 Å². The molecule has 0 aliphatic carbocycles. The van der Waals surface area contributed by atoms with Crippen LogP contribution in [0.25, 0.3) is 10.9 Å². The molecule has 3 aromatic carbocycles. The van der Waals surface area contributed by atoms with E-state index < -0.39 is 10.0 Å². The number of para-hydroxylation sites is 1. The molecule has 6 heteroatoms. The number of benzene rings is 3. The second-order valence-electron chi connectivity index (χ2n) is 6.80. The molecule has 1 N–H and O–H groups in total. The van der Waals surface area contributed by atoms with E-state index in [1.165, 1.54) is 0 Å². The van der Waals surface area contributed by atoms with E-state index in [4.69, 9.17) is 5.26 Å². The highest BCUT2D eigenvalue weighted by Gasteiger charge is 2.21. The Balaban J connectivity index is 1.82. The van der Waals surface area contributed by atoms with Gasteiger partial charge in [-0.15, -0.1) is 0 Å². The van der Waals surface area contributed by atoms with Crippen LogP contribution in [0.4, 0.5) is 5.69 Å². The Morgan fingerprint density at radius 1 is 0.931 bits per heavy atom. The highest BCUT2D eigenvalue weighted by molar-refractivity contribution is 7.92. The van der Waals surface area contributed by atoms with Crippen molar-refractivity contribution in [1.82, 2.24) is 4.57 Å². The number of aromatic nitrogens is 1. The molecule has 0 aliphatic rings. The summed E-state index contributed by atoms with van der Waals surface area (Å²) >= 11 is 0. The summed E-state index contributed by atoms with van der Waals surface area (Å²) in [4.78, 5) is 0.220. The molecular weight excluding hydrogens is 382 g/mol. The topological polar surface area (TPSA) is 74.9 Å². The van der Waals surface area contributed by atoms with Crippen molar-refractivity contribution in [1.29, 1.82) is 5.26 Å². The van der Waals surface area contributed by atoms with Crippen molar-refractivity contribution in [3.05, 3.63) is 95.7 Å². The minimum Gasteiger partial charge on any atom is -0.345 e. The van der Waals surface area contributed by atoms with Gasteiger partial charge in [-0.2, -0.15) is 5.26 Å². The summed E-state index contributed by atoms with van der Waals surface area (Å²) in [5, 5.41) is 9.85. The number of anilines is 1. The fourth-order valence-corrected chi connectivity index (χ4v) is 4.58. The van der Waals surface area contributed by atoms with Crippen molar-refractivity contribution in [2.24, 2.45) is 7.05 Å². The number of hydrogen-bond acceptors (Lipinski definition) is 3. The lowest BCUT2D eigenvalue weighted by Gasteiger charge is -2.12. The third kappa shape index (κ3) is 3.60. The molecule has 0 saturated carbocycles. The van der Waals surface area contributed by atoms with E-state index in [1.807, 2.05) is 48.0 Å². The van der Waals surface area contributed by atoms with Crippen molar-refractivity contribution in [3.8, 4) is 6.07 Å². The van der Waals surface area contributed by atoms with Crippen molar-refractivity contribution < 1.29 is 8.42 Å². The highest BCUT2D eigenvalue weighted by Crippen LogP contribution is 2.33. The third-order valence-electron chi connectivity index (χ3n) is 4.97. The normalized spacial score (nSPS) is 11.3. The first kappa shape index (κ1) is 18.8. The Hall–Kier alpha value is -3.56. The van der Waals surface area contributed by atoms with Gasteiger partial charge in [-0.3, -0.25) is 4.72 Å². The van der Waals surface area contributed by atoms with Gasteiger partial charge in [0, 0.05) is 24.5 Å². The van der Waals surface area contributed by atoms with Crippen LogP contribution in [0, 0.1) is 11.3 Å². The molecule has 0 unspecified atom stereocenters. The van der Waals surface area contributed by atoms with Crippen molar-refractivity contribution in [2.75, 3.05) is 4.72 Å². The molecule has 0 amide bonds. The first-order valence-electron chi connectivity index (χ1n) is 9.13. The van der Waals surface area contributed by atoms with E-state index in [0.717, 1.165) is 22.2 Å². The van der Waals surface area contributed by atoms with Gasteiger partial charge in [0.1, 0.15) is 0 Å². The quantitative estimate of drug-likeness (QED) is 0.537. The molecule has 29 heavy (non-hydrogen) atoms. The van der Waals surface area contributed by atoms with Gasteiger partial charge in [-0.05, 0) is 35.9 Å². The Kier molecular flexibility index (Phi) is 4.83. The summed E-state index contributed by atoms with van der Waals surface area (Å²) in [6, 6.07) is 25.5. The van der Waals surface area contributed by atoms with Gasteiger partial charge < -0.3 is 4.57 Å². The number of nitrogens with one attached hydrogen (secondary N) is 1. The Morgan fingerprint density at radius 2 is 1.59 bits per heavy atom. The average Bonchev–Trinajstić information content (AvgIpc) is 3.00. The molecule has 1 aromatic heterocycles. The first-order valence-corrected chi connectivity index (χ1v) is 10.6. The smallest absolute Gasteiger partial charge is 0.261 e. The van der Waals surface area contributed by atoms with E-state index in [-0.39, 0.29) is 4.90 Å². The van der Waals surface area contributed by atoms with Crippen LogP contribution >= 0.6 is 0 Å². The van der Waals surface area contributed by atoms with Gasteiger partial charge in [-0.1, -0.05) is 48.5 Å². The standard InChI is InChI=1S/C23H19N3O2S/c1-26-21-10-6-5-9-20(21)23(25-29(27,28)19-7-3-2-4-8-19)22(26)15-17-11-13-18(16-24)14-12-17/h2-14,25H,15H2,1H3. The molecule has 144 valence electrons. The highest BCUT2D eigenvalue weighted by atomic mass is 32.2. The molecule has 0 fully saturated rings. The maximum Gasteiger partial charge on any atom is 0.261 e. The molecule has 0 spiro atoms. The summed E-state index contributed by atoms with van der Waals surface area (Å²) < 4.78 is 30.8. The Bertz CT molecular complexity index is 1320. The summed E-state index contributed by atoms with van der Waals surface area (Å²) in [5.41, 5.74) is 3.97. The minimum absolute atomic E-state index is 0.220. The number of nitriles is 1. The maximum atomic E-state index is 13.0. The van der Waals surface area contributed by atoms with Crippen LogP contribution in [0.5, 0.6) is 0 Å². The van der Waals surface area contributed by atoms with E-state index in [2.05, 4.69) is 10.8 Å². The summed E-state index contributed by atoms with van der Waals surface area (Å²) in [5.74, 6) is 0. The van der Waals surface area contributed by atoms with Crippen LogP contribution < -0.4 is 4.72 Å². The van der Waals surface area contributed by atoms with Crippen LogP contribution in [-0.2, 0) is 23.5 Å². The number of rotatable bonds is 5. The molecule has 0 saturated heterocycles. The van der Waals surface area contributed by atoms with Gasteiger partial charge in [0.05, 0.1) is 27.7 Å². The second kappa shape index (κ2) is 7.46. The molecule has 0 bridgehead atoms. The zero-order valence-corrected chi connectivity index (χ0v) is 16.6. The monoisotopic (exact) mass is 401 g/mol. The number of nitrogens with zero attached hydrogens (tertiary/aromatic N) is 2. The van der Waals surface area contributed by atoms with Crippen molar-refractivity contribution in [3.63, 3.8) is 0 Å². The van der Waals surface area contributed by atoms with E-state index >= 15 is 0 Å². The van der Waals surface area contributed by atoms with Crippen molar-refractivity contribution >= 4 is 26.6 Å². The molecule has 0 radical (unpaired) electrons. The fraction of sp³-hybridized carbons (Fsp3) is 0.0870. The lowest BCUT2D eigenvalue weighted by atomic mass is 10.1. The number of sulfonamides is 1. The zero-order chi connectivity index (χ0) is 20.4. The van der Waals surface area contributed by atoms with Crippen LogP contribution in [0.3, 0.4) is 0 Å². The van der Waals surface area contributed by atoms with Crippen LogP contribution in [0.15, 0.2) is 83.8 Å². The van der Waals surface area contributed by atoms with E-state index in [9.17, 15) is 8.42 Å². The lowest BCUT2D eigenvalue weighted by Crippen LogP contribution is -2.14. The molecule has 0 aliphatic heterocycles. The molecule has 0 atom stereocenters. The lowest BCUT2D eigenvalue weighted by molar-refractivity contribution is 0.601. The molecule has 4 rings (SSSR count). The Morgan fingerprint density at radius 3 is 2.28 bits per heavy atom. The zero-order valence-electron chi connectivity index (χ0n) is 15.8. The predicted octanol–water partition coefficient (Wildman–Crippen LogP) is 4.44. The summed E-state index contributed by atoms with van der Waals surface area (Å²) in [6.45, 7) is 0. The van der Waals surface area contributed by atoms with E-state index in [1.54, 1.807) is 42.5 Å². The third-order valence-corrected chi connectivity index (χ3v) is 6.34. The maximum absolute atomic E-state index is 13.0. The summed E-state index contributed by atoms with van der Waals surface area (Å²) in [7, 11) is -1.79. The van der Waals surface area contributed by atoms with E-state index in [0.29, 0.717) is 17.7 Å². The van der Waals surface area contributed by atoms with Gasteiger partial charge >= 0.3 is 0 Å². The SMILES string of the molecule is Cn1c(Cc2ccc(C#N)cc2)c(NS(=O)(=O)c2ccccc2)c2ccccc21. The first-order chi connectivity index (χ1) is 14.0. The Labute approximate surface area is 169 Å². The average molecular weight is 401 g/mol. The van der Waals surface area contributed by atoms with Gasteiger partial charge in [-0.25, -0.2) is 8.42 Å². The van der Waals surface area contributed by atoms with Crippen molar-refractivity contribution in [2.45, 2.75) is 11.3 Å². The number of hydrogen-bond donors (Lipinski definition) is 1. The minimum atomic E-state index is -3.72. The number of aryl methyl sites for hydroxylation is 1. The molecular formula is C23H19N3O2S. The second-order valence-corrected chi connectivity index (χ2v) is 8.48. The predicted molar refractivity (Wildman–Crippen MR) is 114 cm³/mol. The number of fused-ring (bicyclic) bond motifs is 1. The van der Waals surface area contributed by atoms with Gasteiger partial charge in [0.2, 0.25) is 0 Å².